The lowest BCUT2D eigenvalue weighted by atomic mass is 9.83. The Kier molecular flexibility index (Phi) is 5.07. The number of aromatic nitrogens is 4. The maximum Gasteiger partial charge on any atom is 0.266 e. The van der Waals surface area contributed by atoms with Gasteiger partial charge in [0.15, 0.2) is 11.5 Å². The number of carbonyl (C=O) groups is 1. The molecule has 0 bridgehead atoms. The molecule has 8 heteroatoms. The summed E-state index contributed by atoms with van der Waals surface area (Å²) in [5, 5.41) is 4.48. The van der Waals surface area contributed by atoms with Gasteiger partial charge in [-0.3, -0.25) is 14.4 Å². The molecule has 4 rings (SSSR count). The van der Waals surface area contributed by atoms with Crippen molar-refractivity contribution in [2.45, 2.75) is 32.4 Å². The molecule has 1 atom stereocenters. The highest BCUT2D eigenvalue weighted by molar-refractivity contribution is 6.08. The summed E-state index contributed by atoms with van der Waals surface area (Å²) in [6.07, 6.45) is 9.57. The molecule has 0 saturated carbocycles. The average Bonchev–Trinajstić information content (AvgIpc) is 3.32. The van der Waals surface area contributed by atoms with Crippen molar-refractivity contribution in [3.63, 3.8) is 0 Å². The molecule has 0 radical (unpaired) electrons. The quantitative estimate of drug-likeness (QED) is 0.681. The maximum absolute atomic E-state index is 13.4. The zero-order chi connectivity index (χ0) is 21.3. The van der Waals surface area contributed by atoms with Gasteiger partial charge >= 0.3 is 0 Å². The van der Waals surface area contributed by atoms with E-state index < -0.39 is 5.54 Å². The Hall–Kier alpha value is -3.55. The predicted molar refractivity (Wildman–Crippen MR) is 114 cm³/mol. The van der Waals surface area contributed by atoms with E-state index >= 15 is 0 Å². The highest BCUT2D eigenvalue weighted by Crippen LogP contribution is 2.40. The highest BCUT2D eigenvalue weighted by atomic mass is 16.2. The number of hydrogen-bond donors (Lipinski definition) is 1. The van der Waals surface area contributed by atoms with Crippen molar-refractivity contribution in [1.29, 1.82) is 0 Å². The lowest BCUT2D eigenvalue weighted by Crippen LogP contribution is -2.41. The molecule has 1 aliphatic heterocycles. The van der Waals surface area contributed by atoms with Crippen molar-refractivity contribution >= 4 is 11.9 Å². The zero-order valence-corrected chi connectivity index (χ0v) is 17.4. The number of rotatable bonds is 6. The molecule has 2 N–H and O–H groups in total. The fourth-order valence-electron chi connectivity index (χ4n) is 3.62. The third kappa shape index (κ3) is 3.34. The second kappa shape index (κ2) is 7.70. The molecule has 0 spiro atoms. The summed E-state index contributed by atoms with van der Waals surface area (Å²) < 4.78 is 1.86. The van der Waals surface area contributed by atoms with E-state index in [1.165, 1.54) is 11.2 Å². The highest BCUT2D eigenvalue weighted by Gasteiger charge is 2.50. The van der Waals surface area contributed by atoms with Gasteiger partial charge in [-0.05, 0) is 29.5 Å². The molecule has 1 amide bonds. The molecular weight excluding hydrogens is 378 g/mol. The first-order valence-electron chi connectivity index (χ1n) is 9.94. The van der Waals surface area contributed by atoms with Gasteiger partial charge in [-0.15, -0.1) is 0 Å². The van der Waals surface area contributed by atoms with Crippen LogP contribution in [-0.2, 0) is 16.9 Å². The van der Waals surface area contributed by atoms with Gasteiger partial charge in [-0.25, -0.2) is 15.0 Å². The van der Waals surface area contributed by atoms with Crippen molar-refractivity contribution in [1.82, 2.24) is 24.6 Å². The molecule has 154 valence electrons. The third-order valence-electron chi connectivity index (χ3n) is 5.40. The summed E-state index contributed by atoms with van der Waals surface area (Å²) >= 11 is 0. The van der Waals surface area contributed by atoms with E-state index in [9.17, 15) is 4.79 Å². The van der Waals surface area contributed by atoms with Crippen LogP contribution in [0.3, 0.4) is 0 Å². The first-order chi connectivity index (χ1) is 14.4. The number of benzene rings is 1. The third-order valence-corrected chi connectivity index (χ3v) is 5.40. The SMILES string of the molecule is CC(C)CCn1cc(C2(c3cccc(-c4cncnc4)c3)N=C(N)N(C)C2=O)cn1. The van der Waals surface area contributed by atoms with E-state index in [0.717, 1.165) is 29.7 Å². The number of nitrogens with two attached hydrogens (primary N) is 1. The zero-order valence-electron chi connectivity index (χ0n) is 17.4. The van der Waals surface area contributed by atoms with E-state index in [4.69, 9.17) is 5.73 Å². The first-order valence-corrected chi connectivity index (χ1v) is 9.94. The molecule has 2 aromatic heterocycles. The Bertz CT molecular complexity index is 1090. The average molecular weight is 403 g/mol. The van der Waals surface area contributed by atoms with Crippen molar-refractivity contribution < 1.29 is 4.79 Å². The van der Waals surface area contributed by atoms with Gasteiger partial charge < -0.3 is 5.73 Å². The fraction of sp³-hybridized carbons (Fsp3) is 0.318. The maximum atomic E-state index is 13.4. The molecule has 30 heavy (non-hydrogen) atoms. The Morgan fingerprint density at radius 1 is 1.10 bits per heavy atom. The van der Waals surface area contributed by atoms with Crippen LogP contribution >= 0.6 is 0 Å². The molecule has 0 aliphatic carbocycles. The fourth-order valence-corrected chi connectivity index (χ4v) is 3.62. The molecule has 0 fully saturated rings. The minimum atomic E-state index is -1.26. The number of carbonyl (C=O) groups excluding carboxylic acids is 1. The summed E-state index contributed by atoms with van der Waals surface area (Å²) in [6.45, 7) is 5.12. The lowest BCUT2D eigenvalue weighted by molar-refractivity contribution is -0.129. The molecule has 0 saturated heterocycles. The Labute approximate surface area is 175 Å². The van der Waals surface area contributed by atoms with Gasteiger partial charge in [0.1, 0.15) is 6.33 Å². The van der Waals surface area contributed by atoms with E-state index in [2.05, 4.69) is 33.9 Å². The van der Waals surface area contributed by atoms with Crippen molar-refractivity contribution in [3.05, 3.63) is 66.5 Å². The van der Waals surface area contributed by atoms with E-state index in [1.807, 2.05) is 35.1 Å². The Balaban J connectivity index is 1.82. The minimum Gasteiger partial charge on any atom is -0.369 e. The standard InChI is InChI=1S/C22H25N7O/c1-15(2)7-8-29-13-19(12-26-29)22(20(30)28(3)21(23)27-22)18-6-4-5-16(9-18)17-10-24-14-25-11-17/h4-6,9-15H,7-8H2,1-3H3,(H2,23,27). The number of hydrogen-bond acceptors (Lipinski definition) is 6. The normalized spacial score (nSPS) is 18.9. The second-order valence-corrected chi connectivity index (χ2v) is 7.93. The summed E-state index contributed by atoms with van der Waals surface area (Å²) in [6, 6.07) is 7.70. The van der Waals surface area contributed by atoms with Gasteiger partial charge in [0.05, 0.1) is 6.20 Å². The largest absolute Gasteiger partial charge is 0.369 e. The lowest BCUT2D eigenvalue weighted by Gasteiger charge is -2.25. The number of amides is 1. The van der Waals surface area contributed by atoms with Crippen LogP contribution in [0.1, 0.15) is 31.4 Å². The summed E-state index contributed by atoms with van der Waals surface area (Å²) in [4.78, 5) is 27.7. The van der Waals surface area contributed by atoms with Crippen LogP contribution in [0, 0.1) is 5.92 Å². The van der Waals surface area contributed by atoms with Gasteiger partial charge in [0, 0.05) is 43.3 Å². The smallest absolute Gasteiger partial charge is 0.266 e. The Morgan fingerprint density at radius 2 is 1.87 bits per heavy atom. The predicted octanol–water partition coefficient (Wildman–Crippen LogP) is 2.42. The van der Waals surface area contributed by atoms with Crippen LogP contribution in [0.5, 0.6) is 0 Å². The van der Waals surface area contributed by atoms with Crippen molar-refractivity contribution in [2.24, 2.45) is 16.6 Å². The van der Waals surface area contributed by atoms with Crippen molar-refractivity contribution in [2.75, 3.05) is 7.05 Å². The second-order valence-electron chi connectivity index (χ2n) is 7.93. The first kappa shape index (κ1) is 19.8. The molecule has 8 nitrogen and oxygen atoms in total. The summed E-state index contributed by atoms with van der Waals surface area (Å²) in [5.41, 5.74) is 8.00. The molecule has 3 aromatic rings. The molecule has 1 aromatic carbocycles. The van der Waals surface area contributed by atoms with Crippen LogP contribution in [0.2, 0.25) is 0 Å². The monoisotopic (exact) mass is 403 g/mol. The van der Waals surface area contributed by atoms with Crippen LogP contribution in [-0.4, -0.2) is 43.6 Å². The van der Waals surface area contributed by atoms with Gasteiger partial charge in [0.2, 0.25) is 0 Å². The van der Waals surface area contributed by atoms with Crippen LogP contribution in [0.15, 0.2) is 60.4 Å². The van der Waals surface area contributed by atoms with E-state index in [-0.39, 0.29) is 11.9 Å². The van der Waals surface area contributed by atoms with Gasteiger partial charge in [0.25, 0.3) is 5.91 Å². The van der Waals surface area contributed by atoms with E-state index in [1.54, 1.807) is 25.6 Å². The van der Waals surface area contributed by atoms with Gasteiger partial charge in [-0.2, -0.15) is 5.10 Å². The topological polar surface area (TPSA) is 102 Å². The Morgan fingerprint density at radius 3 is 2.53 bits per heavy atom. The van der Waals surface area contributed by atoms with E-state index in [0.29, 0.717) is 11.5 Å². The molecule has 3 heterocycles. The molecule has 1 aliphatic rings. The minimum absolute atomic E-state index is 0.184. The number of nitrogens with zero attached hydrogens (tertiary/aromatic N) is 6. The van der Waals surface area contributed by atoms with Gasteiger partial charge in [-0.1, -0.05) is 32.0 Å². The summed E-state index contributed by atoms with van der Waals surface area (Å²) in [7, 11) is 1.64. The van der Waals surface area contributed by atoms with Crippen molar-refractivity contribution in [3.8, 4) is 11.1 Å². The molecular formula is C22H25N7O. The number of aliphatic imine (C=N–C) groups is 1. The number of guanidine groups is 1. The van der Waals surface area contributed by atoms with Crippen LogP contribution in [0.25, 0.3) is 11.1 Å². The number of aryl methyl sites for hydroxylation is 1. The molecule has 1 unspecified atom stereocenters. The van der Waals surface area contributed by atoms with Crippen LogP contribution < -0.4 is 5.73 Å². The van der Waals surface area contributed by atoms with Crippen LogP contribution in [0.4, 0.5) is 0 Å². The number of likely N-dealkylation sites (N-methyl/N-ethyl adjacent to an activating group) is 1. The summed E-state index contributed by atoms with van der Waals surface area (Å²) in [5.74, 6) is 0.539.